The third-order valence-corrected chi connectivity index (χ3v) is 4.99. The summed E-state index contributed by atoms with van der Waals surface area (Å²) < 4.78 is 11.3. The van der Waals surface area contributed by atoms with Crippen molar-refractivity contribution in [1.29, 1.82) is 0 Å². The first-order valence-electron chi connectivity index (χ1n) is 8.55. The predicted molar refractivity (Wildman–Crippen MR) is 87.9 cm³/mol. The van der Waals surface area contributed by atoms with Crippen LogP contribution in [0.4, 0.5) is 5.69 Å². The standard InChI is InChI=1S/C18H22N2O4/c1-23-9-8-19-14-4-2-3-5-16(14)24-13-10-15(18(19)22)20(11-13)17(21)12-6-7-12/h2-5,12-13,15H,6-11H2,1H3. The lowest BCUT2D eigenvalue weighted by molar-refractivity contribution is -0.138. The fourth-order valence-electron chi connectivity index (χ4n) is 3.60. The molecular formula is C18H22N2O4. The average Bonchev–Trinajstić information content (AvgIpc) is 3.34. The summed E-state index contributed by atoms with van der Waals surface area (Å²) in [6.07, 6.45) is 2.33. The van der Waals surface area contributed by atoms with Crippen LogP contribution in [0.25, 0.3) is 0 Å². The fraction of sp³-hybridized carbons (Fsp3) is 0.556. The fourth-order valence-corrected chi connectivity index (χ4v) is 3.60. The number of para-hydroxylation sites is 2. The number of benzene rings is 1. The van der Waals surface area contributed by atoms with Gasteiger partial charge in [-0.25, -0.2) is 0 Å². The monoisotopic (exact) mass is 330 g/mol. The van der Waals surface area contributed by atoms with Gasteiger partial charge in [0.15, 0.2) is 0 Å². The van der Waals surface area contributed by atoms with Crippen LogP contribution in [-0.2, 0) is 14.3 Å². The van der Waals surface area contributed by atoms with Crippen LogP contribution in [0.15, 0.2) is 24.3 Å². The Bertz CT molecular complexity index is 658. The van der Waals surface area contributed by atoms with E-state index >= 15 is 0 Å². The number of nitrogens with zero attached hydrogens (tertiary/aromatic N) is 2. The third kappa shape index (κ3) is 2.65. The van der Waals surface area contributed by atoms with E-state index in [1.54, 1.807) is 16.9 Å². The van der Waals surface area contributed by atoms with Gasteiger partial charge in [0.2, 0.25) is 11.8 Å². The summed E-state index contributed by atoms with van der Waals surface area (Å²) in [5.41, 5.74) is 0.759. The molecule has 1 saturated carbocycles. The van der Waals surface area contributed by atoms with E-state index in [9.17, 15) is 9.59 Å². The number of hydrogen-bond donors (Lipinski definition) is 0. The summed E-state index contributed by atoms with van der Waals surface area (Å²) >= 11 is 0. The van der Waals surface area contributed by atoms with Gasteiger partial charge in [-0.1, -0.05) is 12.1 Å². The first-order chi connectivity index (χ1) is 11.7. The van der Waals surface area contributed by atoms with Gasteiger partial charge in [-0.05, 0) is 25.0 Å². The molecule has 0 radical (unpaired) electrons. The number of methoxy groups -OCH3 is 1. The molecule has 2 fully saturated rings. The van der Waals surface area contributed by atoms with Crippen LogP contribution in [0, 0.1) is 5.92 Å². The van der Waals surface area contributed by atoms with Crippen molar-refractivity contribution < 1.29 is 19.1 Å². The van der Waals surface area contributed by atoms with Crippen molar-refractivity contribution >= 4 is 17.5 Å². The van der Waals surface area contributed by atoms with Gasteiger partial charge in [-0.3, -0.25) is 9.59 Å². The molecule has 0 N–H and O–H groups in total. The first-order valence-corrected chi connectivity index (χ1v) is 8.55. The Labute approximate surface area is 141 Å². The lowest BCUT2D eigenvalue weighted by Crippen LogP contribution is -2.49. The summed E-state index contributed by atoms with van der Waals surface area (Å²) in [5, 5.41) is 0. The summed E-state index contributed by atoms with van der Waals surface area (Å²) in [6.45, 7) is 1.38. The maximum atomic E-state index is 13.2. The van der Waals surface area contributed by atoms with E-state index in [-0.39, 0.29) is 23.8 Å². The van der Waals surface area contributed by atoms with Crippen LogP contribution in [0.1, 0.15) is 19.3 Å². The number of rotatable bonds is 4. The normalized spacial score (nSPS) is 25.8. The lowest BCUT2D eigenvalue weighted by Gasteiger charge is -2.31. The van der Waals surface area contributed by atoms with Crippen LogP contribution in [0.3, 0.4) is 0 Å². The highest BCUT2D eigenvalue weighted by Gasteiger charge is 2.47. The smallest absolute Gasteiger partial charge is 0.250 e. The highest BCUT2D eigenvalue weighted by molar-refractivity contribution is 6.01. The summed E-state index contributed by atoms with van der Waals surface area (Å²) in [4.78, 5) is 29.2. The van der Waals surface area contributed by atoms with Crippen molar-refractivity contribution in [2.24, 2.45) is 5.92 Å². The highest BCUT2D eigenvalue weighted by atomic mass is 16.5. The van der Waals surface area contributed by atoms with Crippen LogP contribution in [0.5, 0.6) is 5.75 Å². The van der Waals surface area contributed by atoms with Crippen molar-refractivity contribution in [3.05, 3.63) is 24.3 Å². The Balaban J connectivity index is 1.68. The largest absolute Gasteiger partial charge is 0.486 e. The molecule has 1 aromatic rings. The molecule has 128 valence electrons. The second-order valence-electron chi connectivity index (χ2n) is 6.71. The topological polar surface area (TPSA) is 59.1 Å². The van der Waals surface area contributed by atoms with Crippen molar-refractivity contribution in [2.45, 2.75) is 31.4 Å². The molecule has 2 unspecified atom stereocenters. The van der Waals surface area contributed by atoms with Gasteiger partial charge in [0, 0.05) is 26.0 Å². The Morgan fingerprint density at radius 1 is 1.33 bits per heavy atom. The molecule has 1 saturated heterocycles. The van der Waals surface area contributed by atoms with Crippen LogP contribution >= 0.6 is 0 Å². The number of amides is 2. The van der Waals surface area contributed by atoms with Crippen LogP contribution in [-0.4, -0.2) is 55.7 Å². The molecule has 2 atom stereocenters. The van der Waals surface area contributed by atoms with E-state index in [2.05, 4.69) is 0 Å². The maximum Gasteiger partial charge on any atom is 0.250 e. The van der Waals surface area contributed by atoms with E-state index in [4.69, 9.17) is 9.47 Å². The Morgan fingerprint density at radius 2 is 2.12 bits per heavy atom. The molecule has 6 heteroatoms. The quantitative estimate of drug-likeness (QED) is 0.838. The summed E-state index contributed by atoms with van der Waals surface area (Å²) in [5.74, 6) is 0.886. The molecule has 3 aliphatic rings. The molecule has 2 amide bonds. The zero-order valence-electron chi connectivity index (χ0n) is 13.8. The van der Waals surface area contributed by atoms with Crippen LogP contribution in [0.2, 0.25) is 0 Å². The van der Waals surface area contributed by atoms with Crippen molar-refractivity contribution in [1.82, 2.24) is 4.90 Å². The molecule has 24 heavy (non-hydrogen) atoms. The molecule has 1 aliphatic carbocycles. The van der Waals surface area contributed by atoms with Crippen molar-refractivity contribution in [3.8, 4) is 5.75 Å². The number of anilines is 1. The number of hydrogen-bond acceptors (Lipinski definition) is 4. The zero-order valence-corrected chi connectivity index (χ0v) is 13.8. The zero-order chi connectivity index (χ0) is 16.7. The number of carbonyl (C=O) groups excluding carboxylic acids is 2. The molecule has 2 bridgehead atoms. The lowest BCUT2D eigenvalue weighted by atomic mass is 10.1. The summed E-state index contributed by atoms with van der Waals surface area (Å²) in [7, 11) is 1.62. The summed E-state index contributed by atoms with van der Waals surface area (Å²) in [6, 6.07) is 7.15. The van der Waals surface area contributed by atoms with Gasteiger partial charge >= 0.3 is 0 Å². The second kappa shape index (κ2) is 6.09. The maximum absolute atomic E-state index is 13.2. The van der Waals surface area contributed by atoms with E-state index < -0.39 is 6.04 Å². The van der Waals surface area contributed by atoms with Gasteiger partial charge < -0.3 is 19.3 Å². The minimum atomic E-state index is -0.423. The molecule has 0 aromatic heterocycles. The van der Waals surface area contributed by atoms with Gasteiger partial charge in [0.05, 0.1) is 18.8 Å². The number of likely N-dealkylation sites (tertiary alicyclic amines) is 1. The average molecular weight is 330 g/mol. The van der Waals surface area contributed by atoms with E-state index in [0.29, 0.717) is 31.9 Å². The van der Waals surface area contributed by atoms with Crippen molar-refractivity contribution in [2.75, 3.05) is 31.7 Å². The third-order valence-electron chi connectivity index (χ3n) is 4.99. The Hall–Kier alpha value is -2.08. The molecule has 6 nitrogen and oxygen atoms in total. The molecule has 2 heterocycles. The van der Waals surface area contributed by atoms with Gasteiger partial charge in [0.1, 0.15) is 17.9 Å². The number of ether oxygens (including phenoxy) is 2. The van der Waals surface area contributed by atoms with E-state index in [1.165, 1.54) is 0 Å². The van der Waals surface area contributed by atoms with Gasteiger partial charge in [0.25, 0.3) is 0 Å². The van der Waals surface area contributed by atoms with E-state index in [0.717, 1.165) is 18.5 Å². The van der Waals surface area contributed by atoms with Crippen LogP contribution < -0.4 is 9.64 Å². The minimum absolute atomic E-state index is 0.0284. The minimum Gasteiger partial charge on any atom is -0.486 e. The number of carbonyl (C=O) groups is 2. The predicted octanol–water partition coefficient (Wildman–Crippen LogP) is 1.44. The van der Waals surface area contributed by atoms with E-state index in [1.807, 2.05) is 24.3 Å². The Morgan fingerprint density at radius 3 is 2.88 bits per heavy atom. The molecule has 4 rings (SSSR count). The van der Waals surface area contributed by atoms with Gasteiger partial charge in [-0.15, -0.1) is 0 Å². The Kier molecular flexibility index (Phi) is 3.92. The second-order valence-corrected chi connectivity index (χ2v) is 6.71. The molecular weight excluding hydrogens is 308 g/mol. The molecule has 1 aromatic carbocycles. The SMILES string of the molecule is COCCN1C(=O)C2CC(CN2C(=O)C2CC2)Oc2ccccc21. The molecule has 2 aliphatic heterocycles. The molecule has 0 spiro atoms. The first kappa shape index (κ1) is 15.4. The highest BCUT2D eigenvalue weighted by Crippen LogP contribution is 2.39. The van der Waals surface area contributed by atoms with Crippen molar-refractivity contribution in [3.63, 3.8) is 0 Å². The van der Waals surface area contributed by atoms with Gasteiger partial charge in [-0.2, -0.15) is 0 Å². The number of fused-ring (bicyclic) bond motifs is 3.